The lowest BCUT2D eigenvalue weighted by atomic mass is 9.70. The van der Waals surface area contributed by atoms with Crippen molar-refractivity contribution in [3.05, 3.63) is 0 Å². The summed E-state index contributed by atoms with van der Waals surface area (Å²) in [5.41, 5.74) is -1.90. The van der Waals surface area contributed by atoms with Crippen molar-refractivity contribution in [2.75, 3.05) is 5.75 Å². The zero-order valence-electron chi connectivity index (χ0n) is 24.0. The number of hydrogen-bond acceptors (Lipinski definition) is 14. The van der Waals surface area contributed by atoms with Crippen LogP contribution in [0.3, 0.4) is 0 Å². The van der Waals surface area contributed by atoms with E-state index in [1.807, 2.05) is 13.8 Å². The van der Waals surface area contributed by atoms with Gasteiger partial charge in [0.05, 0.1) is 11.2 Å². The number of esters is 5. The first kappa shape index (κ1) is 32.4. The van der Waals surface area contributed by atoms with Gasteiger partial charge >= 0.3 is 29.8 Å². The van der Waals surface area contributed by atoms with Gasteiger partial charge in [0, 0.05) is 41.0 Å². The Hall–Kier alpha value is -3.07. The highest BCUT2D eigenvalue weighted by Gasteiger charge is 2.66. The smallest absolute Gasteiger partial charge is 0.303 e. The Morgan fingerprint density at radius 1 is 0.683 bits per heavy atom. The maximum Gasteiger partial charge on any atom is 0.303 e. The summed E-state index contributed by atoms with van der Waals surface area (Å²) < 4.78 is 59.5. The number of ether oxygens (including phenoxy) is 5. The molecule has 0 radical (unpaired) electrons. The number of fused-ring (bicyclic) bond motifs is 2. The van der Waals surface area contributed by atoms with Gasteiger partial charge in [-0.05, 0) is 24.2 Å². The molecule has 3 fully saturated rings. The molecule has 15 heteroatoms. The minimum atomic E-state index is -4.69. The molecule has 0 aromatic carbocycles. The monoisotopic (exact) mass is 604 g/mol. The van der Waals surface area contributed by atoms with Crippen molar-refractivity contribution < 1.29 is 65.1 Å². The molecule has 0 aliphatic heterocycles. The third kappa shape index (κ3) is 6.55. The van der Waals surface area contributed by atoms with Crippen LogP contribution in [-0.2, 0) is 66.8 Å². The van der Waals surface area contributed by atoms with Gasteiger partial charge in [0.15, 0.2) is 36.6 Å². The van der Waals surface area contributed by atoms with Gasteiger partial charge in [0.2, 0.25) is 0 Å². The zero-order valence-corrected chi connectivity index (χ0v) is 24.8. The van der Waals surface area contributed by atoms with Crippen molar-refractivity contribution in [2.24, 2.45) is 16.7 Å². The second-order valence-electron chi connectivity index (χ2n) is 11.3. The number of hydrogen-bond donors (Lipinski definition) is 0. The van der Waals surface area contributed by atoms with Gasteiger partial charge in [0.25, 0.3) is 10.1 Å². The molecule has 2 unspecified atom stereocenters. The molecular weight excluding hydrogens is 568 g/mol. The second-order valence-corrected chi connectivity index (χ2v) is 12.9. The summed E-state index contributed by atoms with van der Waals surface area (Å²) in [5.74, 6) is -5.73. The molecule has 14 nitrogen and oxygen atoms in total. The molecule has 3 aliphatic rings. The first-order valence-corrected chi connectivity index (χ1v) is 14.7. The number of carbonyl (C=O) groups excluding carboxylic acids is 6. The fourth-order valence-corrected chi connectivity index (χ4v) is 8.38. The fraction of sp³-hybridized carbons (Fsp3) is 0.769. The molecule has 0 N–H and O–H groups in total. The molecule has 3 saturated carbocycles. The van der Waals surface area contributed by atoms with Crippen molar-refractivity contribution in [1.82, 2.24) is 0 Å². The molecular formula is C26H36O14S. The van der Waals surface area contributed by atoms with E-state index in [0.29, 0.717) is 12.8 Å². The summed E-state index contributed by atoms with van der Waals surface area (Å²) in [4.78, 5) is 73.6. The van der Waals surface area contributed by atoms with Crippen molar-refractivity contribution in [3.8, 4) is 0 Å². The van der Waals surface area contributed by atoms with Crippen LogP contribution in [0.4, 0.5) is 0 Å². The largest absolute Gasteiger partial charge is 0.455 e. The number of carbonyl (C=O) groups is 6. The van der Waals surface area contributed by atoms with Crippen LogP contribution < -0.4 is 0 Å². The van der Waals surface area contributed by atoms with Crippen LogP contribution in [-0.4, -0.2) is 86.4 Å². The van der Waals surface area contributed by atoms with E-state index in [1.54, 1.807) is 0 Å². The van der Waals surface area contributed by atoms with Gasteiger partial charge in [-0.15, -0.1) is 0 Å². The van der Waals surface area contributed by atoms with Gasteiger partial charge in [-0.3, -0.25) is 33.0 Å². The minimum absolute atomic E-state index is 0.00588. The Kier molecular flexibility index (Phi) is 9.23. The maximum atomic E-state index is 13.7. The lowest BCUT2D eigenvalue weighted by Crippen LogP contribution is -2.69. The van der Waals surface area contributed by atoms with E-state index in [9.17, 15) is 37.2 Å². The SMILES string of the molecule is CC(=O)OC1[C@@H](OC(C)=O)[C@H](OC(C)=O)C(OS(=O)(=O)C[C@]23CC[C@H](CC2=O)C3(C)C)[C@H](OC(C)=O)[C@@H]1OC(C)=O. The predicted molar refractivity (Wildman–Crippen MR) is 135 cm³/mol. The highest BCUT2D eigenvalue weighted by Crippen LogP contribution is 2.64. The number of ketones is 1. The summed E-state index contributed by atoms with van der Waals surface area (Å²) >= 11 is 0. The molecule has 0 heterocycles. The summed E-state index contributed by atoms with van der Waals surface area (Å²) in [6, 6.07) is 0. The van der Waals surface area contributed by atoms with E-state index >= 15 is 0 Å². The van der Waals surface area contributed by atoms with Gasteiger partial charge < -0.3 is 23.7 Å². The van der Waals surface area contributed by atoms with E-state index in [4.69, 9.17) is 27.9 Å². The molecule has 2 bridgehead atoms. The molecule has 41 heavy (non-hydrogen) atoms. The molecule has 0 spiro atoms. The van der Waals surface area contributed by atoms with Crippen molar-refractivity contribution in [3.63, 3.8) is 0 Å². The summed E-state index contributed by atoms with van der Waals surface area (Å²) in [6.07, 6.45) is -9.62. The lowest BCUT2D eigenvalue weighted by molar-refractivity contribution is -0.251. The normalized spacial score (nSPS) is 33.9. The Bertz CT molecular complexity index is 1180. The first-order chi connectivity index (χ1) is 18.8. The number of rotatable bonds is 9. The fourth-order valence-electron chi connectivity index (χ4n) is 6.47. The van der Waals surface area contributed by atoms with E-state index in [-0.39, 0.29) is 18.1 Å². The molecule has 0 amide bonds. The Balaban J connectivity index is 2.14. The molecule has 0 aromatic heterocycles. The van der Waals surface area contributed by atoms with Gasteiger partial charge in [-0.1, -0.05) is 13.8 Å². The number of Topliss-reactive ketones (excluding diaryl/α,β-unsaturated/α-hetero) is 1. The van der Waals surface area contributed by atoms with E-state index in [1.165, 1.54) is 0 Å². The maximum absolute atomic E-state index is 13.7. The molecule has 0 aromatic rings. The molecule has 8 atom stereocenters. The molecule has 0 saturated heterocycles. The predicted octanol–water partition coefficient (Wildman–Crippen LogP) is 0.769. The van der Waals surface area contributed by atoms with Crippen molar-refractivity contribution in [1.29, 1.82) is 0 Å². The van der Waals surface area contributed by atoms with Crippen LogP contribution in [0.15, 0.2) is 0 Å². The molecule has 230 valence electrons. The molecule has 3 rings (SSSR count). The Morgan fingerprint density at radius 2 is 1.02 bits per heavy atom. The average molecular weight is 605 g/mol. The van der Waals surface area contributed by atoms with Crippen molar-refractivity contribution in [2.45, 2.75) is 104 Å². The topological polar surface area (TPSA) is 192 Å². The Morgan fingerprint density at radius 3 is 1.29 bits per heavy atom. The molecule has 3 aliphatic carbocycles. The zero-order chi connectivity index (χ0) is 31.1. The van der Waals surface area contributed by atoms with Crippen LogP contribution in [0.25, 0.3) is 0 Å². The van der Waals surface area contributed by atoms with Crippen LogP contribution in [0.5, 0.6) is 0 Å². The first-order valence-electron chi connectivity index (χ1n) is 13.1. The minimum Gasteiger partial charge on any atom is -0.455 e. The van der Waals surface area contributed by atoms with Crippen LogP contribution in [0, 0.1) is 16.7 Å². The second kappa shape index (κ2) is 11.7. The van der Waals surface area contributed by atoms with E-state index < -0.39 is 93.2 Å². The van der Waals surface area contributed by atoms with Crippen LogP contribution in [0.1, 0.15) is 67.7 Å². The Labute approximate surface area is 237 Å². The standard InChI is InChI=1S/C26H36O14S/c1-12(27)35-19-20(36-13(2)28)22(38-15(4)30)24(23(39-16(5)31)21(19)37-14(3)29)40-41(33,34)11-26-9-8-17(10-18(26)32)25(26,6)7/h17,19-24H,8-11H2,1-7H3/t17-,19?,20-,21-,22-,23+,24?,26-/m1/s1. The van der Waals surface area contributed by atoms with Crippen molar-refractivity contribution >= 4 is 45.7 Å². The van der Waals surface area contributed by atoms with E-state index in [0.717, 1.165) is 34.6 Å². The summed E-state index contributed by atoms with van der Waals surface area (Å²) in [6.45, 7) is 8.59. The highest BCUT2D eigenvalue weighted by atomic mass is 32.2. The average Bonchev–Trinajstić information content (AvgIpc) is 3.13. The van der Waals surface area contributed by atoms with Gasteiger partial charge in [-0.25, -0.2) is 0 Å². The highest BCUT2D eigenvalue weighted by molar-refractivity contribution is 7.86. The van der Waals surface area contributed by atoms with Gasteiger partial charge in [-0.2, -0.15) is 8.42 Å². The third-order valence-electron chi connectivity index (χ3n) is 8.27. The lowest BCUT2D eigenvalue weighted by Gasteiger charge is -2.47. The third-order valence-corrected chi connectivity index (χ3v) is 9.63. The summed E-state index contributed by atoms with van der Waals surface area (Å²) in [5, 5.41) is 0. The van der Waals surface area contributed by atoms with E-state index in [2.05, 4.69) is 0 Å². The van der Waals surface area contributed by atoms with Crippen LogP contribution >= 0.6 is 0 Å². The van der Waals surface area contributed by atoms with Gasteiger partial charge in [0.1, 0.15) is 5.78 Å². The summed E-state index contributed by atoms with van der Waals surface area (Å²) in [7, 11) is -4.69. The quantitative estimate of drug-likeness (QED) is 0.203. The van der Waals surface area contributed by atoms with Crippen LogP contribution in [0.2, 0.25) is 0 Å².